The summed E-state index contributed by atoms with van der Waals surface area (Å²) in [5.74, 6) is -2.19. The molecule has 4 aliphatic rings. The second-order valence-corrected chi connectivity index (χ2v) is 15.1. The summed E-state index contributed by atoms with van der Waals surface area (Å²) in [6.45, 7) is 3.89. The van der Waals surface area contributed by atoms with Gasteiger partial charge in [-0.15, -0.1) is 0 Å². The van der Waals surface area contributed by atoms with Crippen LogP contribution in [0.2, 0.25) is 0 Å². The van der Waals surface area contributed by atoms with Crippen LogP contribution in [-0.4, -0.2) is 70.1 Å². The van der Waals surface area contributed by atoms with Crippen molar-refractivity contribution in [1.82, 2.24) is 4.90 Å². The first kappa shape index (κ1) is 33.2. The van der Waals surface area contributed by atoms with Crippen molar-refractivity contribution in [2.24, 2.45) is 23.2 Å². The van der Waals surface area contributed by atoms with E-state index in [9.17, 15) is 32.2 Å². The fourth-order valence-corrected chi connectivity index (χ4v) is 10.2. The van der Waals surface area contributed by atoms with Crippen LogP contribution in [-0.2, 0) is 6.42 Å². The van der Waals surface area contributed by atoms with Crippen molar-refractivity contribution in [3.8, 4) is 5.75 Å². The number of aliphatic hydroxyl groups is 1. The van der Waals surface area contributed by atoms with Gasteiger partial charge in [-0.3, -0.25) is 4.90 Å². The monoisotopic (exact) mass is 635 g/mol. The Labute approximate surface area is 256 Å². The van der Waals surface area contributed by atoms with E-state index in [2.05, 4.69) is 17.9 Å². The van der Waals surface area contributed by atoms with Crippen molar-refractivity contribution < 1.29 is 36.6 Å². The highest BCUT2D eigenvalue weighted by Gasteiger charge is 2.57. The number of fused-ring (bicyclic) bond motifs is 5. The molecule has 3 fully saturated rings. The number of halogens is 6. The van der Waals surface area contributed by atoms with E-state index in [1.165, 1.54) is 17.3 Å². The van der Waals surface area contributed by atoms with Gasteiger partial charge in [0.25, 0.3) is 0 Å². The van der Waals surface area contributed by atoms with E-state index < -0.39 is 24.7 Å². The minimum absolute atomic E-state index is 0.109. The summed E-state index contributed by atoms with van der Waals surface area (Å²) in [5.41, 5.74) is 2.33. The van der Waals surface area contributed by atoms with E-state index in [4.69, 9.17) is 0 Å². The lowest BCUT2D eigenvalue weighted by Gasteiger charge is -2.53. The van der Waals surface area contributed by atoms with Gasteiger partial charge in [0.1, 0.15) is 11.9 Å². The molecule has 3 aliphatic carbocycles. The number of hydrogen-bond acceptors (Lipinski definition) is 4. The zero-order chi connectivity index (χ0) is 31.0. The zero-order valence-electron chi connectivity index (χ0n) is 25.1. The molecule has 1 heterocycles. The number of likely N-dealkylation sites (tertiary alicyclic amines) is 1. The number of phenols is 1. The minimum Gasteiger partial charge on any atom is -0.508 e. The average molecular weight is 636 g/mol. The quantitative estimate of drug-likeness (QED) is 0.179. The fourth-order valence-electron chi connectivity index (χ4n) is 9.07. The Morgan fingerprint density at radius 1 is 1.09 bits per heavy atom. The first-order chi connectivity index (χ1) is 20.3. The zero-order valence-corrected chi connectivity index (χ0v) is 25.9. The number of phenolic OH excluding ortho intramolecular Hbond substituents is 1. The summed E-state index contributed by atoms with van der Waals surface area (Å²) in [7, 11) is 0. The molecule has 2 N–H and O–H groups in total. The predicted octanol–water partition coefficient (Wildman–Crippen LogP) is 8.52. The fraction of sp³-hybridized carbons (Fsp3) is 0.818. The topological polar surface area (TPSA) is 43.7 Å². The second-order valence-electron chi connectivity index (χ2n) is 14.0. The van der Waals surface area contributed by atoms with E-state index in [0.717, 1.165) is 70.0 Å². The highest BCUT2D eigenvalue weighted by atomic mass is 32.2. The molecule has 10 heteroatoms. The molecular weight excluding hydrogens is 588 g/mol. The molecule has 1 saturated heterocycles. The number of thioether (sulfide) groups is 1. The van der Waals surface area contributed by atoms with Crippen molar-refractivity contribution >= 4 is 11.8 Å². The maximum absolute atomic E-state index is 15.7. The van der Waals surface area contributed by atoms with Gasteiger partial charge in [0.15, 0.2) is 0 Å². The predicted molar refractivity (Wildman–Crippen MR) is 159 cm³/mol. The number of hydrogen-bond donors (Lipinski definition) is 2. The number of nitrogens with zero attached hydrogens (tertiary/aromatic N) is 1. The number of aliphatic hydroxyl groups excluding tert-OH is 1. The molecule has 1 aliphatic heterocycles. The highest BCUT2D eigenvalue weighted by Crippen LogP contribution is 2.62. The van der Waals surface area contributed by atoms with Crippen LogP contribution < -0.4 is 0 Å². The molecule has 3 unspecified atom stereocenters. The summed E-state index contributed by atoms with van der Waals surface area (Å²) in [6, 6.07) is 5.93. The van der Waals surface area contributed by atoms with E-state index in [1.54, 1.807) is 6.07 Å². The molecule has 2 saturated carbocycles. The van der Waals surface area contributed by atoms with Crippen LogP contribution in [0.5, 0.6) is 5.75 Å². The molecule has 43 heavy (non-hydrogen) atoms. The third-order valence-corrected chi connectivity index (χ3v) is 12.6. The summed E-state index contributed by atoms with van der Waals surface area (Å²) in [5, 5.41) is 21.1. The third-order valence-electron chi connectivity index (χ3n) is 11.4. The van der Waals surface area contributed by atoms with Gasteiger partial charge in [-0.1, -0.05) is 13.0 Å². The van der Waals surface area contributed by atoms with Crippen molar-refractivity contribution in [3.05, 3.63) is 29.3 Å². The van der Waals surface area contributed by atoms with Gasteiger partial charge in [-0.25, -0.2) is 4.39 Å². The maximum Gasteiger partial charge on any atom is 0.453 e. The summed E-state index contributed by atoms with van der Waals surface area (Å²) >= 11 is 1.43. The average Bonchev–Trinajstić information content (AvgIpc) is 3.50. The van der Waals surface area contributed by atoms with Crippen LogP contribution in [0.25, 0.3) is 0 Å². The molecule has 0 spiro atoms. The first-order valence-corrected chi connectivity index (χ1v) is 17.4. The lowest BCUT2D eigenvalue weighted by Crippen LogP contribution is -2.47. The van der Waals surface area contributed by atoms with Gasteiger partial charge < -0.3 is 10.2 Å². The molecule has 0 aromatic heterocycles. The lowest BCUT2D eigenvalue weighted by molar-refractivity contribution is -0.284. The molecule has 0 bridgehead atoms. The van der Waals surface area contributed by atoms with Gasteiger partial charge in [-0.05, 0) is 142 Å². The first-order valence-electron chi connectivity index (χ1n) is 16.2. The number of benzene rings is 1. The molecule has 0 radical (unpaired) electrons. The van der Waals surface area contributed by atoms with Gasteiger partial charge in [0.2, 0.25) is 0 Å². The Morgan fingerprint density at radius 3 is 2.65 bits per heavy atom. The summed E-state index contributed by atoms with van der Waals surface area (Å²) < 4.78 is 79.1. The van der Waals surface area contributed by atoms with Gasteiger partial charge in [0, 0.05) is 18.2 Å². The van der Waals surface area contributed by atoms with Crippen LogP contribution in [0.4, 0.5) is 26.3 Å². The largest absolute Gasteiger partial charge is 0.508 e. The van der Waals surface area contributed by atoms with Crippen molar-refractivity contribution in [2.75, 3.05) is 24.6 Å². The van der Waals surface area contributed by atoms with Gasteiger partial charge in [-0.2, -0.15) is 33.7 Å². The summed E-state index contributed by atoms with van der Waals surface area (Å²) in [6.07, 6.45) is 0.0909. The number of alkyl halides is 6. The Balaban J connectivity index is 1.11. The molecule has 0 amide bonds. The van der Waals surface area contributed by atoms with Crippen LogP contribution in [0.3, 0.4) is 0 Å². The van der Waals surface area contributed by atoms with Gasteiger partial charge in [0.05, 0.1) is 6.10 Å². The smallest absolute Gasteiger partial charge is 0.453 e. The molecule has 1 aromatic carbocycles. The van der Waals surface area contributed by atoms with E-state index in [0.29, 0.717) is 36.3 Å². The number of aromatic hydroxyl groups is 1. The van der Waals surface area contributed by atoms with Crippen LogP contribution in [0, 0.1) is 23.2 Å². The second kappa shape index (κ2) is 13.3. The van der Waals surface area contributed by atoms with E-state index in [1.807, 2.05) is 6.07 Å². The minimum atomic E-state index is -5.49. The van der Waals surface area contributed by atoms with Crippen LogP contribution in [0.1, 0.15) is 94.6 Å². The molecule has 8 atom stereocenters. The van der Waals surface area contributed by atoms with Crippen LogP contribution in [0.15, 0.2) is 18.2 Å². The van der Waals surface area contributed by atoms with Gasteiger partial charge >= 0.3 is 12.1 Å². The maximum atomic E-state index is 15.7. The van der Waals surface area contributed by atoms with Crippen molar-refractivity contribution in [3.63, 3.8) is 0 Å². The van der Waals surface area contributed by atoms with Crippen molar-refractivity contribution in [2.45, 2.75) is 120 Å². The molecule has 3 nitrogen and oxygen atoms in total. The Bertz CT molecular complexity index is 1090. The molecule has 244 valence electrons. The Morgan fingerprint density at radius 2 is 1.88 bits per heavy atom. The highest BCUT2D eigenvalue weighted by molar-refractivity contribution is 7.99. The lowest BCUT2D eigenvalue weighted by atomic mass is 9.52. The standard InChI is InChI=1S/C33H47F6NO2S/c1-31-13-11-27-26-8-7-25(41)19-21(26)17-22(30(27)28(31)9-10-29(31)42)18-23(34)5-2-14-40-15-3-6-24(40)20-43-16-4-12-32(35,36)33(37,38)39/h7-8,19,22-24,27-30,41-42H,2-6,9-18,20H2,1H3/t22-,23?,24?,27+,28-,29?,30+,31-/m0/s1. The molecule has 5 rings (SSSR count). The van der Waals surface area contributed by atoms with E-state index >= 15 is 4.39 Å². The number of rotatable bonds is 12. The normalized spacial score (nSPS) is 33.7. The molecular formula is C33H47F6NO2S. The van der Waals surface area contributed by atoms with E-state index in [-0.39, 0.29) is 41.4 Å². The third kappa shape index (κ3) is 7.16. The molecule has 1 aromatic rings. The van der Waals surface area contributed by atoms with Crippen molar-refractivity contribution in [1.29, 1.82) is 0 Å². The Kier molecular flexibility index (Phi) is 10.3. The SMILES string of the molecule is C[C@]12CC[C@@H]3c4ccc(O)cc4C[C@@H](CC(F)CCCN4CCCC4CSCCCC(F)(F)C(F)(F)F)[C@H]3[C@@H]1CCC2O. The van der Waals surface area contributed by atoms with Crippen LogP contribution >= 0.6 is 11.8 Å². The Hall–Kier alpha value is -1.13. The summed E-state index contributed by atoms with van der Waals surface area (Å²) in [4.78, 5) is 2.33.